The Bertz CT molecular complexity index is 2810. The SMILES string of the molecule is COCCOCCOCCOC(=O)CCCCCOC(=O)CCCCCOC(=O)CCCCCOC(=O)CCCCCOC(=O)CCCCCOC(=O)CCCCCOC(=O)CCCCCOC(=O)CCCCCOC(=O)CCCCCOC(=O)CCCCCOC(=O)CCCCCOC(=O)CCCCCOC(=O)CCCCCOC(=O)CCCCCOC(=O)CCCCCO. The van der Waals surface area contributed by atoms with Gasteiger partial charge in [0.05, 0.1) is 126 Å². The van der Waals surface area contributed by atoms with Crippen LogP contribution < -0.4 is 0 Å². The lowest BCUT2D eigenvalue weighted by atomic mass is 10.2. The average molecular weight is 1880 g/mol. The topological polar surface area (TPSA) is 442 Å². The largest absolute Gasteiger partial charge is 0.466 e. The van der Waals surface area contributed by atoms with E-state index >= 15 is 0 Å². The van der Waals surface area contributed by atoms with E-state index in [1.807, 2.05) is 0 Å². The molecule has 0 aliphatic heterocycles. The second kappa shape index (κ2) is 96.5. The summed E-state index contributed by atoms with van der Waals surface area (Å²) in [6.45, 7) is 6.47. The average Bonchev–Trinajstić information content (AvgIpc) is 1.03. The molecule has 0 rings (SSSR count). The number of hydrogen-bond donors (Lipinski definition) is 1. The van der Waals surface area contributed by atoms with Crippen molar-refractivity contribution < 1.29 is 162 Å². The summed E-state index contributed by atoms with van der Waals surface area (Å²) in [6, 6.07) is 0. The fourth-order valence-corrected chi connectivity index (χ4v) is 12.6. The zero-order chi connectivity index (χ0) is 95.7. The van der Waals surface area contributed by atoms with Crippen LogP contribution >= 0.6 is 0 Å². The first-order valence-electron chi connectivity index (χ1n) is 49.4. The van der Waals surface area contributed by atoms with Gasteiger partial charge in [-0.15, -0.1) is 0 Å². The molecule has 131 heavy (non-hydrogen) atoms. The quantitative estimate of drug-likeness (QED) is 0.0336. The van der Waals surface area contributed by atoms with Crippen LogP contribution in [-0.4, -0.2) is 241 Å². The molecule has 0 unspecified atom stereocenters. The van der Waals surface area contributed by atoms with E-state index in [1.165, 1.54) is 0 Å². The highest BCUT2D eigenvalue weighted by molar-refractivity contribution is 5.74. The fourth-order valence-electron chi connectivity index (χ4n) is 12.6. The van der Waals surface area contributed by atoms with Gasteiger partial charge in [-0.25, -0.2) is 0 Å². The van der Waals surface area contributed by atoms with Crippen LogP contribution in [0, 0.1) is 0 Å². The van der Waals surface area contributed by atoms with Gasteiger partial charge in [-0.05, 0) is 283 Å². The van der Waals surface area contributed by atoms with Gasteiger partial charge in [0.25, 0.3) is 0 Å². The minimum Gasteiger partial charge on any atom is -0.466 e. The summed E-state index contributed by atoms with van der Waals surface area (Å²) in [7, 11) is 1.60. The Balaban J connectivity index is 3.53. The molecule has 0 aromatic heterocycles. The van der Waals surface area contributed by atoms with Gasteiger partial charge in [0.2, 0.25) is 0 Å². The molecule has 0 aromatic carbocycles. The first-order valence-corrected chi connectivity index (χ1v) is 49.4. The Labute approximate surface area is 779 Å². The van der Waals surface area contributed by atoms with Crippen LogP contribution in [0.3, 0.4) is 0 Å². The number of methoxy groups -OCH3 is 1. The summed E-state index contributed by atoms with van der Waals surface area (Å²) < 4.78 is 94.8. The highest BCUT2D eigenvalue weighted by Crippen LogP contribution is 2.16. The lowest BCUT2D eigenvalue weighted by molar-refractivity contribution is -0.146. The van der Waals surface area contributed by atoms with E-state index in [2.05, 4.69) is 0 Å². The minimum absolute atomic E-state index is 0.126. The number of aliphatic hydroxyl groups excluding tert-OH is 1. The van der Waals surface area contributed by atoms with E-state index in [0.717, 1.165) is 32.1 Å². The highest BCUT2D eigenvalue weighted by atomic mass is 16.6. The maximum atomic E-state index is 12.2. The maximum Gasteiger partial charge on any atom is 0.305 e. The van der Waals surface area contributed by atoms with Gasteiger partial charge in [0, 0.05) is 110 Å². The maximum absolute atomic E-state index is 12.2. The number of carbonyl (C=O) groups excluding carboxylic acids is 15. The zero-order valence-corrected chi connectivity index (χ0v) is 79.7. The number of esters is 15. The fraction of sp³-hybridized carbons (Fsp3) is 0.845. The molecule has 0 heterocycles. The predicted octanol–water partition coefficient (Wildman–Crippen LogP) is 16.2. The van der Waals surface area contributed by atoms with Crippen LogP contribution in [0.5, 0.6) is 0 Å². The van der Waals surface area contributed by atoms with Crippen molar-refractivity contribution in [1.29, 1.82) is 0 Å². The lowest BCUT2D eigenvalue weighted by Crippen LogP contribution is -2.13. The first kappa shape index (κ1) is 123. The van der Waals surface area contributed by atoms with Gasteiger partial charge in [-0.3, -0.25) is 71.9 Å². The summed E-state index contributed by atoms with van der Waals surface area (Å²) in [6.07, 6.45) is 34.1. The second-order valence-corrected chi connectivity index (χ2v) is 32.4. The summed E-state index contributed by atoms with van der Waals surface area (Å²) in [4.78, 5) is 181. The van der Waals surface area contributed by atoms with Crippen LogP contribution in [0.25, 0.3) is 0 Å². The normalized spacial score (nSPS) is 10.9. The van der Waals surface area contributed by atoms with Crippen LogP contribution in [0.2, 0.25) is 0 Å². The number of rotatable bonds is 98. The number of carbonyl (C=O) groups is 15. The number of ether oxygens (including phenoxy) is 18. The molecule has 0 atom stereocenters. The summed E-state index contributed by atoms with van der Waals surface area (Å²) in [5, 5.41) is 8.78. The predicted molar refractivity (Wildman–Crippen MR) is 482 cm³/mol. The third kappa shape index (κ3) is 96.3. The van der Waals surface area contributed by atoms with E-state index in [4.69, 9.17) is 90.4 Å². The van der Waals surface area contributed by atoms with Crippen molar-refractivity contribution in [1.82, 2.24) is 0 Å². The Morgan fingerprint density at radius 1 is 0.130 bits per heavy atom. The molecule has 0 saturated carbocycles. The molecule has 0 bridgehead atoms. The molecule has 0 aliphatic carbocycles. The molecule has 34 nitrogen and oxygen atoms in total. The summed E-state index contributed by atoms with van der Waals surface area (Å²) >= 11 is 0. The van der Waals surface area contributed by atoms with Gasteiger partial charge in [0.1, 0.15) is 6.61 Å². The van der Waals surface area contributed by atoms with Crippen LogP contribution in [0.4, 0.5) is 0 Å². The number of hydrogen-bond acceptors (Lipinski definition) is 34. The first-order chi connectivity index (χ1) is 63.8. The number of aliphatic hydroxyl groups is 1. The van der Waals surface area contributed by atoms with E-state index in [0.29, 0.717) is 335 Å². The molecule has 0 aromatic rings. The van der Waals surface area contributed by atoms with E-state index in [-0.39, 0.29) is 246 Å². The standard InChI is InChI=1S/C97H166O34/c1-114-77-78-115-79-80-116-81-82-131-97(113)61-31-16-46-76-130-96(112)60-30-15-45-75-129-95(111)59-29-14-44-74-128-94(110)58-28-13-43-73-127-93(109)57-27-12-42-72-126-92(108)56-26-11-41-71-125-91(107)55-25-10-40-70-124-90(106)54-24-9-39-69-123-89(105)53-23-8-38-68-122-88(104)52-22-7-37-67-121-87(103)51-21-6-36-66-120-86(102)50-20-5-35-65-119-85(101)49-19-4-34-64-118-84(100)48-18-3-33-63-117-83(99)47-17-2-32-62-98/h98H,2-82H2,1H3. The van der Waals surface area contributed by atoms with Gasteiger partial charge < -0.3 is 90.4 Å². The zero-order valence-electron chi connectivity index (χ0n) is 79.7. The Morgan fingerprint density at radius 3 is 0.359 bits per heavy atom. The van der Waals surface area contributed by atoms with Crippen LogP contribution in [0.1, 0.15) is 385 Å². The van der Waals surface area contributed by atoms with Crippen molar-refractivity contribution in [3.05, 3.63) is 0 Å². The van der Waals surface area contributed by atoms with Crippen molar-refractivity contribution in [2.45, 2.75) is 385 Å². The monoisotopic (exact) mass is 1880 g/mol. The van der Waals surface area contributed by atoms with Gasteiger partial charge in [0.15, 0.2) is 0 Å². The second-order valence-electron chi connectivity index (χ2n) is 32.4. The van der Waals surface area contributed by atoms with Gasteiger partial charge >= 0.3 is 89.5 Å². The Morgan fingerprint density at radius 2 is 0.237 bits per heavy atom. The third-order valence-corrected chi connectivity index (χ3v) is 20.4. The summed E-state index contributed by atoms with van der Waals surface area (Å²) in [5.41, 5.74) is 0. The van der Waals surface area contributed by atoms with Crippen molar-refractivity contribution in [3.63, 3.8) is 0 Å². The molecule has 758 valence electrons. The van der Waals surface area contributed by atoms with Crippen LogP contribution in [0.15, 0.2) is 0 Å². The molecule has 0 radical (unpaired) electrons. The third-order valence-electron chi connectivity index (χ3n) is 20.4. The smallest absolute Gasteiger partial charge is 0.305 e. The molecule has 0 saturated heterocycles. The molecule has 0 fully saturated rings. The van der Waals surface area contributed by atoms with Gasteiger partial charge in [-0.1, -0.05) is 6.42 Å². The highest BCUT2D eigenvalue weighted by Gasteiger charge is 2.16. The van der Waals surface area contributed by atoms with Gasteiger partial charge in [-0.2, -0.15) is 0 Å². The van der Waals surface area contributed by atoms with E-state index < -0.39 is 0 Å². The van der Waals surface area contributed by atoms with Crippen molar-refractivity contribution in [3.8, 4) is 0 Å². The van der Waals surface area contributed by atoms with E-state index in [1.54, 1.807) is 7.11 Å². The minimum atomic E-state index is -0.295. The molecule has 0 aliphatic rings. The molecular formula is C97H166O34. The van der Waals surface area contributed by atoms with Crippen molar-refractivity contribution in [2.24, 2.45) is 0 Å². The lowest BCUT2D eigenvalue weighted by Gasteiger charge is -2.07. The molecule has 34 heteroatoms. The van der Waals surface area contributed by atoms with Crippen molar-refractivity contribution >= 4 is 89.5 Å². The van der Waals surface area contributed by atoms with Crippen LogP contribution in [-0.2, 0) is 157 Å². The van der Waals surface area contributed by atoms with E-state index in [9.17, 15) is 71.9 Å². The number of unbranched alkanes of at least 4 members (excludes halogenated alkanes) is 30. The molecule has 1 N–H and O–H groups in total. The molecule has 0 amide bonds. The Kier molecular flexibility index (Phi) is 90.5. The molecular weight excluding hydrogens is 1710 g/mol. The molecule has 0 spiro atoms. The Hall–Kier alpha value is -8.11. The van der Waals surface area contributed by atoms with Crippen molar-refractivity contribution in [2.75, 3.05) is 146 Å². The summed E-state index contributed by atoms with van der Waals surface area (Å²) in [5.74, 6) is -4.24.